The molecule has 1 aliphatic carbocycles. The van der Waals surface area contributed by atoms with Gasteiger partial charge in [0.1, 0.15) is 0 Å². The number of rotatable bonds is 5. The van der Waals surface area contributed by atoms with Crippen LogP contribution in [-0.2, 0) is 11.3 Å². The number of aryl methyl sites for hydroxylation is 1. The van der Waals surface area contributed by atoms with Gasteiger partial charge in [-0.15, -0.1) is 0 Å². The van der Waals surface area contributed by atoms with Gasteiger partial charge in [0, 0.05) is 42.8 Å². The summed E-state index contributed by atoms with van der Waals surface area (Å²) in [6.07, 6.45) is 8.96. The number of piperidine rings is 1. The van der Waals surface area contributed by atoms with Crippen LogP contribution >= 0.6 is 0 Å². The van der Waals surface area contributed by atoms with E-state index in [9.17, 15) is 9.90 Å². The second-order valence-corrected chi connectivity index (χ2v) is 10.3. The van der Waals surface area contributed by atoms with Gasteiger partial charge in [-0.25, -0.2) is 4.79 Å². The van der Waals surface area contributed by atoms with E-state index in [2.05, 4.69) is 35.1 Å². The van der Waals surface area contributed by atoms with Gasteiger partial charge in [0.15, 0.2) is 0 Å². The summed E-state index contributed by atoms with van der Waals surface area (Å²) in [4.78, 5) is 17.5. The van der Waals surface area contributed by atoms with Crippen LogP contribution in [0.4, 0.5) is 0 Å². The lowest BCUT2D eigenvalue weighted by atomic mass is 9.81. The summed E-state index contributed by atoms with van der Waals surface area (Å²) in [7, 11) is 0. The summed E-state index contributed by atoms with van der Waals surface area (Å²) < 4.78 is 6.31. The van der Waals surface area contributed by atoms with Crippen LogP contribution in [0.2, 0.25) is 0 Å². The summed E-state index contributed by atoms with van der Waals surface area (Å²) in [6.45, 7) is 4.99. The van der Waals surface area contributed by atoms with Crippen LogP contribution in [0.25, 0.3) is 10.9 Å². The maximum Gasteiger partial charge on any atom is 0.335 e. The van der Waals surface area contributed by atoms with Crippen molar-refractivity contribution in [3.8, 4) is 0 Å². The van der Waals surface area contributed by atoms with Crippen molar-refractivity contribution in [1.82, 2.24) is 9.88 Å². The van der Waals surface area contributed by atoms with Crippen molar-refractivity contribution in [3.05, 3.63) is 70.4 Å². The van der Waals surface area contributed by atoms with Crippen molar-refractivity contribution in [2.24, 2.45) is 0 Å². The number of hydrogen-bond donors (Lipinski definition) is 2. The van der Waals surface area contributed by atoms with Crippen molar-refractivity contribution in [2.75, 3.05) is 13.2 Å². The Hall–Kier alpha value is -2.63. The molecule has 2 unspecified atom stereocenters. The minimum absolute atomic E-state index is 0.0252. The van der Waals surface area contributed by atoms with Gasteiger partial charge in [-0.3, -0.25) is 4.90 Å². The third-order valence-corrected chi connectivity index (χ3v) is 8.15. The van der Waals surface area contributed by atoms with E-state index >= 15 is 0 Å². The first kappa shape index (κ1) is 20.9. The zero-order valence-corrected chi connectivity index (χ0v) is 19.3. The third kappa shape index (κ3) is 3.77. The quantitative estimate of drug-likeness (QED) is 0.511. The summed E-state index contributed by atoms with van der Waals surface area (Å²) in [5.41, 5.74) is 7.09. The number of benzene rings is 2. The molecule has 2 aromatic carbocycles. The van der Waals surface area contributed by atoms with Crippen molar-refractivity contribution >= 4 is 16.9 Å². The molecule has 3 aliphatic rings. The Morgan fingerprint density at radius 3 is 2.73 bits per heavy atom. The van der Waals surface area contributed by atoms with Gasteiger partial charge in [0.25, 0.3) is 0 Å². The number of nitrogens with one attached hydrogen (secondary N) is 1. The smallest absolute Gasteiger partial charge is 0.335 e. The number of aromatic nitrogens is 1. The molecule has 2 atom stereocenters. The normalized spacial score (nSPS) is 25.8. The maximum absolute atomic E-state index is 11.4. The average Bonchev–Trinajstić information content (AvgIpc) is 3.36. The number of ether oxygens (including phenoxy) is 1. The summed E-state index contributed by atoms with van der Waals surface area (Å²) in [6, 6.07) is 12.4. The number of hydrogen-bond acceptors (Lipinski definition) is 3. The second-order valence-electron chi connectivity index (χ2n) is 10.3. The highest BCUT2D eigenvalue weighted by Gasteiger charge is 2.43. The van der Waals surface area contributed by atoms with Crippen molar-refractivity contribution in [3.63, 3.8) is 0 Å². The second kappa shape index (κ2) is 8.00. The van der Waals surface area contributed by atoms with Crippen LogP contribution in [-0.4, -0.2) is 39.7 Å². The monoisotopic (exact) mass is 444 g/mol. The van der Waals surface area contributed by atoms with Crippen LogP contribution in [0.5, 0.6) is 0 Å². The molecule has 2 saturated heterocycles. The number of aromatic carboxylic acids is 1. The van der Waals surface area contributed by atoms with Crippen LogP contribution in [0.3, 0.4) is 0 Å². The first-order chi connectivity index (χ1) is 16.0. The molecule has 0 amide bonds. The number of carboxylic acids is 1. The molecule has 2 aliphatic heterocycles. The first-order valence-electron chi connectivity index (χ1n) is 12.3. The van der Waals surface area contributed by atoms with Gasteiger partial charge in [-0.2, -0.15) is 0 Å². The lowest BCUT2D eigenvalue weighted by molar-refractivity contribution is -0.0676. The first-order valence-corrected chi connectivity index (χ1v) is 12.3. The molecule has 3 fully saturated rings. The molecule has 0 radical (unpaired) electrons. The number of aromatic amines is 1. The highest BCUT2D eigenvalue weighted by Crippen LogP contribution is 2.47. The predicted molar refractivity (Wildman–Crippen MR) is 129 cm³/mol. The van der Waals surface area contributed by atoms with E-state index in [1.165, 1.54) is 46.0 Å². The van der Waals surface area contributed by atoms with Gasteiger partial charge in [-0.1, -0.05) is 18.2 Å². The van der Waals surface area contributed by atoms with Crippen LogP contribution in [0.1, 0.15) is 83.1 Å². The molecule has 3 aromatic rings. The zero-order valence-electron chi connectivity index (χ0n) is 19.3. The summed E-state index contributed by atoms with van der Waals surface area (Å²) >= 11 is 0. The number of carbonyl (C=O) groups is 1. The molecular weight excluding hydrogens is 412 g/mol. The number of fused-ring (bicyclic) bond motifs is 1. The minimum atomic E-state index is -0.874. The summed E-state index contributed by atoms with van der Waals surface area (Å²) in [5, 5.41) is 10.7. The van der Waals surface area contributed by atoms with Crippen LogP contribution < -0.4 is 0 Å². The Bertz CT molecular complexity index is 1190. The van der Waals surface area contributed by atoms with Crippen LogP contribution in [0, 0.1) is 6.92 Å². The fraction of sp³-hybridized carbons (Fsp3) is 0.464. The van der Waals surface area contributed by atoms with Crippen molar-refractivity contribution in [2.45, 2.75) is 69.6 Å². The molecule has 1 spiro atoms. The predicted octanol–water partition coefficient (Wildman–Crippen LogP) is 5.94. The van der Waals surface area contributed by atoms with E-state index in [-0.39, 0.29) is 11.6 Å². The van der Waals surface area contributed by atoms with E-state index < -0.39 is 5.97 Å². The minimum Gasteiger partial charge on any atom is -0.478 e. The standard InChI is InChI=1S/C28H32N2O3/c1-18-15-23(19-3-4-19)24(22-9-12-29-26(18)22)17-30-13-11-28(10-2-14-33-28)16-25(30)20-5-7-21(8-6-20)27(31)32/h5-9,12,15,19,25,29H,2-4,10-11,13-14,16-17H2,1H3,(H,31,32). The van der Waals surface area contributed by atoms with Gasteiger partial charge in [0.05, 0.1) is 11.2 Å². The van der Waals surface area contributed by atoms with Gasteiger partial charge >= 0.3 is 5.97 Å². The topological polar surface area (TPSA) is 65.6 Å². The molecule has 172 valence electrons. The van der Waals surface area contributed by atoms with E-state index in [1.807, 2.05) is 12.1 Å². The molecule has 1 aromatic heterocycles. The van der Waals surface area contributed by atoms with Gasteiger partial charge < -0.3 is 14.8 Å². The van der Waals surface area contributed by atoms with Gasteiger partial charge in [-0.05, 0) is 91.8 Å². The molecule has 6 rings (SSSR count). The Labute approximate surface area is 194 Å². The Morgan fingerprint density at radius 1 is 1.21 bits per heavy atom. The van der Waals surface area contributed by atoms with Crippen molar-refractivity contribution in [1.29, 1.82) is 0 Å². The lowest BCUT2D eigenvalue weighted by Crippen LogP contribution is -2.45. The van der Waals surface area contributed by atoms with Gasteiger partial charge in [0.2, 0.25) is 0 Å². The molecule has 2 N–H and O–H groups in total. The fourth-order valence-corrected chi connectivity index (χ4v) is 6.20. The Kier molecular flexibility index (Phi) is 5.07. The highest BCUT2D eigenvalue weighted by molar-refractivity contribution is 5.88. The van der Waals surface area contributed by atoms with E-state index in [0.717, 1.165) is 45.4 Å². The molecular formula is C28H32N2O3. The lowest BCUT2D eigenvalue weighted by Gasteiger charge is -2.45. The highest BCUT2D eigenvalue weighted by atomic mass is 16.5. The van der Waals surface area contributed by atoms with Crippen LogP contribution in [0.15, 0.2) is 42.6 Å². The molecule has 5 heteroatoms. The maximum atomic E-state index is 11.4. The third-order valence-electron chi connectivity index (χ3n) is 8.15. The number of nitrogens with zero attached hydrogens (tertiary/aromatic N) is 1. The molecule has 3 heterocycles. The van der Waals surface area contributed by atoms with E-state index in [1.54, 1.807) is 12.1 Å². The molecule has 1 saturated carbocycles. The molecule has 33 heavy (non-hydrogen) atoms. The zero-order chi connectivity index (χ0) is 22.6. The SMILES string of the molecule is Cc1cc(C2CC2)c(CN2CCC3(CCCO3)CC2c2ccc(C(=O)O)cc2)c2cc[nH]c12. The number of H-pyrrole nitrogens is 1. The largest absolute Gasteiger partial charge is 0.478 e. The molecule has 5 nitrogen and oxygen atoms in total. The fourth-order valence-electron chi connectivity index (χ4n) is 6.20. The number of carboxylic acid groups (broad SMARTS) is 1. The number of likely N-dealkylation sites (tertiary alicyclic amines) is 1. The van der Waals surface area contributed by atoms with Crippen molar-refractivity contribution < 1.29 is 14.6 Å². The molecule has 0 bridgehead atoms. The average molecular weight is 445 g/mol. The Balaban J connectivity index is 1.38. The van der Waals surface area contributed by atoms with E-state index in [0.29, 0.717) is 11.5 Å². The summed E-state index contributed by atoms with van der Waals surface area (Å²) in [5.74, 6) is -0.179. The van der Waals surface area contributed by atoms with E-state index in [4.69, 9.17) is 4.74 Å². The Morgan fingerprint density at radius 2 is 2.03 bits per heavy atom.